The van der Waals surface area contributed by atoms with Gasteiger partial charge < -0.3 is 15.5 Å². The zero-order valence-electron chi connectivity index (χ0n) is 20.8. The number of nitrogens with zero attached hydrogens (tertiary/aromatic N) is 3. The molecule has 1 aliphatic rings. The number of hydrogen-bond donors (Lipinski definition) is 2. The van der Waals surface area contributed by atoms with Gasteiger partial charge in [0.25, 0.3) is 5.56 Å². The molecule has 0 aliphatic carbocycles. The van der Waals surface area contributed by atoms with E-state index in [-0.39, 0.29) is 42.8 Å². The summed E-state index contributed by atoms with van der Waals surface area (Å²) >= 11 is 0. The van der Waals surface area contributed by atoms with E-state index in [1.54, 1.807) is 19.1 Å². The minimum atomic E-state index is -0.742. The van der Waals surface area contributed by atoms with Crippen molar-refractivity contribution < 1.29 is 14.0 Å². The molecule has 0 spiro atoms. The number of amides is 2. The van der Waals surface area contributed by atoms with Crippen LogP contribution in [0.4, 0.5) is 21.6 Å². The van der Waals surface area contributed by atoms with Crippen LogP contribution in [0.5, 0.6) is 0 Å². The summed E-state index contributed by atoms with van der Waals surface area (Å²) in [5.41, 5.74) is 5.69. The number of carbonyl (C=O) groups is 2. The molecule has 0 saturated carbocycles. The van der Waals surface area contributed by atoms with Gasteiger partial charge in [-0.1, -0.05) is 33.3 Å². The molecule has 1 aromatic carbocycles. The normalized spacial score (nSPS) is 15.8. The minimum absolute atomic E-state index is 0.0611. The molecular weight excluding hydrogens is 453 g/mol. The summed E-state index contributed by atoms with van der Waals surface area (Å²) < 4.78 is 15.4. The predicted octanol–water partition coefficient (Wildman–Crippen LogP) is 2.80. The van der Waals surface area contributed by atoms with Crippen molar-refractivity contribution >= 4 is 29.0 Å². The summed E-state index contributed by atoms with van der Waals surface area (Å²) in [6.07, 6.45) is 2.01. The van der Waals surface area contributed by atoms with Crippen molar-refractivity contribution in [2.24, 2.45) is 11.8 Å². The molecule has 9 nitrogen and oxygen atoms in total. The first-order valence-corrected chi connectivity index (χ1v) is 12.1. The number of H-pyrrole nitrogens is 1. The van der Waals surface area contributed by atoms with Crippen LogP contribution < -0.4 is 26.8 Å². The topological polar surface area (TPSA) is 121 Å². The molecule has 1 saturated heterocycles. The van der Waals surface area contributed by atoms with Gasteiger partial charge in [0.2, 0.25) is 11.8 Å². The largest absolute Gasteiger partial charge is 0.383 e. The third-order valence-corrected chi connectivity index (χ3v) is 6.36. The van der Waals surface area contributed by atoms with Gasteiger partial charge in [-0.15, -0.1) is 0 Å². The quantitative estimate of drug-likeness (QED) is 0.563. The van der Waals surface area contributed by atoms with E-state index < -0.39 is 28.9 Å². The van der Waals surface area contributed by atoms with Gasteiger partial charge in [-0.05, 0) is 43.4 Å². The first-order chi connectivity index (χ1) is 16.5. The average Bonchev–Trinajstić information content (AvgIpc) is 3.18. The van der Waals surface area contributed by atoms with Crippen molar-refractivity contribution in [3.8, 4) is 0 Å². The molecule has 1 aromatic heterocycles. The number of hydrogen-bond acceptors (Lipinski definition) is 5. The molecular formula is C25H34FN5O4. The fraction of sp³-hybridized carbons (Fsp3) is 0.520. The van der Waals surface area contributed by atoms with Crippen LogP contribution in [0.25, 0.3) is 0 Å². The number of benzene rings is 1. The van der Waals surface area contributed by atoms with Gasteiger partial charge in [0.1, 0.15) is 11.6 Å². The van der Waals surface area contributed by atoms with E-state index in [2.05, 4.69) is 4.98 Å². The summed E-state index contributed by atoms with van der Waals surface area (Å²) in [7, 11) is 0. The number of carbonyl (C=O) groups excluding carboxylic acids is 2. The SMILES string of the molecule is CCCCn1c(N)c(N(CCC(C)C)C(=O)[C@@H]2CC(=O)N(c3ccc(C)c(F)c3)C2)c(=O)[nH]c1=O. The summed E-state index contributed by atoms with van der Waals surface area (Å²) in [4.78, 5) is 56.7. The van der Waals surface area contributed by atoms with Crippen LogP contribution in [0, 0.1) is 24.6 Å². The number of halogens is 1. The monoisotopic (exact) mass is 487 g/mol. The van der Waals surface area contributed by atoms with Gasteiger partial charge in [0.15, 0.2) is 5.69 Å². The smallest absolute Gasteiger partial charge is 0.330 e. The lowest BCUT2D eigenvalue weighted by Crippen LogP contribution is -2.44. The van der Waals surface area contributed by atoms with E-state index in [0.717, 1.165) is 6.42 Å². The van der Waals surface area contributed by atoms with E-state index in [4.69, 9.17) is 5.73 Å². The van der Waals surface area contributed by atoms with Crippen LogP contribution in [0.15, 0.2) is 27.8 Å². The molecule has 2 heterocycles. The summed E-state index contributed by atoms with van der Waals surface area (Å²) in [5.74, 6) is -1.73. The second kappa shape index (κ2) is 10.9. The van der Waals surface area contributed by atoms with Crippen molar-refractivity contribution in [3.63, 3.8) is 0 Å². The van der Waals surface area contributed by atoms with Crippen molar-refractivity contribution in [1.82, 2.24) is 9.55 Å². The molecule has 2 amide bonds. The van der Waals surface area contributed by atoms with Gasteiger partial charge in [0, 0.05) is 31.7 Å². The van der Waals surface area contributed by atoms with E-state index in [1.165, 1.54) is 20.4 Å². The highest BCUT2D eigenvalue weighted by molar-refractivity contribution is 6.05. The Kier molecular flexibility index (Phi) is 8.14. The highest BCUT2D eigenvalue weighted by Crippen LogP contribution is 2.30. The maximum absolute atomic E-state index is 14.1. The molecule has 1 atom stereocenters. The number of nitrogens with one attached hydrogen (secondary N) is 1. The molecule has 0 bridgehead atoms. The minimum Gasteiger partial charge on any atom is -0.383 e. The summed E-state index contributed by atoms with van der Waals surface area (Å²) in [6, 6.07) is 4.51. The molecule has 10 heteroatoms. The molecule has 35 heavy (non-hydrogen) atoms. The van der Waals surface area contributed by atoms with Gasteiger partial charge in [0.05, 0.1) is 5.92 Å². The van der Waals surface area contributed by atoms with Crippen molar-refractivity contribution in [3.05, 3.63) is 50.4 Å². The van der Waals surface area contributed by atoms with Gasteiger partial charge in [-0.2, -0.15) is 0 Å². The lowest BCUT2D eigenvalue weighted by molar-refractivity contribution is -0.124. The Morgan fingerprint density at radius 3 is 2.63 bits per heavy atom. The number of anilines is 3. The maximum atomic E-state index is 14.1. The van der Waals surface area contributed by atoms with Gasteiger partial charge >= 0.3 is 5.69 Å². The molecule has 2 aromatic rings. The van der Waals surface area contributed by atoms with Crippen LogP contribution in [-0.4, -0.2) is 34.5 Å². The van der Waals surface area contributed by atoms with Crippen molar-refractivity contribution in [1.29, 1.82) is 0 Å². The highest BCUT2D eigenvalue weighted by Gasteiger charge is 2.39. The second-order valence-corrected chi connectivity index (χ2v) is 9.51. The van der Waals surface area contributed by atoms with Gasteiger partial charge in [-0.3, -0.25) is 23.9 Å². The molecule has 1 aliphatic heterocycles. The lowest BCUT2D eigenvalue weighted by atomic mass is 10.0. The standard InChI is InChI=1S/C25H34FN5O4/c1-5-6-10-30-22(27)21(23(33)28-25(30)35)29(11-9-15(2)3)24(34)17-12-20(32)31(14-17)18-8-7-16(4)19(26)13-18/h7-8,13,15,17H,5-6,9-12,14,27H2,1-4H3,(H,28,33,35)/t17-/m1/s1. The lowest BCUT2D eigenvalue weighted by Gasteiger charge is -2.27. The third kappa shape index (κ3) is 5.63. The zero-order chi connectivity index (χ0) is 25.9. The molecule has 0 radical (unpaired) electrons. The van der Waals surface area contributed by atoms with Crippen LogP contribution >= 0.6 is 0 Å². The first-order valence-electron chi connectivity index (χ1n) is 12.1. The third-order valence-electron chi connectivity index (χ3n) is 6.36. The Hall–Kier alpha value is -3.43. The predicted molar refractivity (Wildman–Crippen MR) is 134 cm³/mol. The number of aromatic amines is 1. The fourth-order valence-electron chi connectivity index (χ4n) is 4.19. The average molecular weight is 488 g/mol. The molecule has 3 rings (SSSR count). The molecule has 190 valence electrons. The van der Waals surface area contributed by atoms with Crippen LogP contribution in [-0.2, 0) is 16.1 Å². The second-order valence-electron chi connectivity index (χ2n) is 9.51. The number of rotatable bonds is 9. The highest BCUT2D eigenvalue weighted by atomic mass is 19.1. The van der Waals surface area contributed by atoms with E-state index >= 15 is 0 Å². The first kappa shape index (κ1) is 26.2. The molecule has 3 N–H and O–H groups in total. The van der Waals surface area contributed by atoms with Crippen molar-refractivity contribution in [2.75, 3.05) is 28.6 Å². The number of nitrogens with two attached hydrogens (primary N) is 1. The van der Waals surface area contributed by atoms with E-state index in [0.29, 0.717) is 30.6 Å². The zero-order valence-corrected chi connectivity index (χ0v) is 20.8. The Morgan fingerprint density at radius 1 is 1.29 bits per heavy atom. The summed E-state index contributed by atoms with van der Waals surface area (Å²) in [5, 5.41) is 0. The Labute approximate surface area is 203 Å². The Morgan fingerprint density at radius 2 is 2.00 bits per heavy atom. The van der Waals surface area contributed by atoms with Crippen LogP contribution in [0.1, 0.15) is 52.0 Å². The Bertz CT molecular complexity index is 1220. The molecule has 1 fully saturated rings. The number of unbranched alkanes of at least 4 members (excludes halogenated alkanes) is 1. The van der Waals surface area contributed by atoms with Crippen LogP contribution in [0.2, 0.25) is 0 Å². The van der Waals surface area contributed by atoms with Crippen LogP contribution in [0.3, 0.4) is 0 Å². The number of aryl methyl sites for hydroxylation is 1. The number of aromatic nitrogens is 2. The summed E-state index contributed by atoms with van der Waals surface area (Å²) in [6.45, 7) is 8.16. The van der Waals surface area contributed by atoms with E-state index in [9.17, 15) is 23.6 Å². The molecule has 0 unspecified atom stereocenters. The fourth-order valence-corrected chi connectivity index (χ4v) is 4.19. The Balaban J connectivity index is 1.97. The van der Waals surface area contributed by atoms with Gasteiger partial charge in [-0.25, -0.2) is 9.18 Å². The van der Waals surface area contributed by atoms with Crippen molar-refractivity contribution in [2.45, 2.75) is 59.9 Å². The maximum Gasteiger partial charge on any atom is 0.330 e. The van der Waals surface area contributed by atoms with E-state index in [1.807, 2.05) is 20.8 Å². The number of nitrogen functional groups attached to an aromatic ring is 1.